The molecule has 1 aliphatic heterocycles. The van der Waals surface area contributed by atoms with Crippen molar-refractivity contribution < 1.29 is 4.42 Å². The van der Waals surface area contributed by atoms with Crippen LogP contribution in [0.1, 0.15) is 31.1 Å². The predicted molar refractivity (Wildman–Crippen MR) is 92.8 cm³/mol. The molecule has 1 saturated heterocycles. The molecular weight excluding hydrogens is 308 g/mol. The summed E-state index contributed by atoms with van der Waals surface area (Å²) in [6.45, 7) is 3.05. The molecule has 0 bridgehead atoms. The fraction of sp³-hybridized carbons (Fsp3) is 0.412. The molecule has 0 saturated carbocycles. The van der Waals surface area contributed by atoms with E-state index in [0.29, 0.717) is 0 Å². The Hall–Kier alpha value is -1.92. The number of fused-ring (bicyclic) bond motifs is 1. The first-order valence-corrected chi connectivity index (χ1v) is 8.99. The molecule has 5 nitrogen and oxygen atoms in total. The molecule has 23 heavy (non-hydrogen) atoms. The van der Waals surface area contributed by atoms with E-state index in [4.69, 9.17) is 4.42 Å². The lowest BCUT2D eigenvalue weighted by Gasteiger charge is -2.33. The second-order valence-corrected chi connectivity index (χ2v) is 6.77. The number of anilines is 1. The van der Waals surface area contributed by atoms with Gasteiger partial charge in [-0.15, -0.1) is 11.3 Å². The van der Waals surface area contributed by atoms with Gasteiger partial charge < -0.3 is 9.73 Å². The SMILES string of the molecule is c1coc(C(CNc2ncnc3sccc23)N2CCCCC2)c1. The van der Waals surface area contributed by atoms with Crippen molar-refractivity contribution in [2.45, 2.75) is 25.3 Å². The van der Waals surface area contributed by atoms with Crippen molar-refractivity contribution >= 4 is 27.4 Å². The van der Waals surface area contributed by atoms with Gasteiger partial charge >= 0.3 is 0 Å². The van der Waals surface area contributed by atoms with Crippen molar-refractivity contribution in [1.82, 2.24) is 14.9 Å². The van der Waals surface area contributed by atoms with Gasteiger partial charge in [0, 0.05) is 6.54 Å². The predicted octanol–water partition coefficient (Wildman–Crippen LogP) is 3.92. The van der Waals surface area contributed by atoms with Crippen LogP contribution in [-0.4, -0.2) is 34.5 Å². The van der Waals surface area contributed by atoms with E-state index < -0.39 is 0 Å². The number of thiophene rings is 1. The van der Waals surface area contributed by atoms with Gasteiger partial charge in [0.05, 0.1) is 17.7 Å². The zero-order valence-electron chi connectivity index (χ0n) is 12.9. The Morgan fingerprint density at radius 1 is 1.22 bits per heavy atom. The van der Waals surface area contributed by atoms with E-state index in [-0.39, 0.29) is 6.04 Å². The summed E-state index contributed by atoms with van der Waals surface area (Å²) in [6, 6.07) is 6.36. The first-order chi connectivity index (χ1) is 11.4. The van der Waals surface area contributed by atoms with Crippen molar-refractivity contribution in [3.8, 4) is 0 Å². The van der Waals surface area contributed by atoms with Gasteiger partial charge in [-0.3, -0.25) is 4.90 Å². The first-order valence-electron chi connectivity index (χ1n) is 8.11. The number of furan rings is 1. The molecule has 120 valence electrons. The Kier molecular flexibility index (Phi) is 4.26. The molecule has 4 heterocycles. The minimum atomic E-state index is 0.244. The summed E-state index contributed by atoms with van der Waals surface area (Å²) in [4.78, 5) is 12.3. The zero-order valence-corrected chi connectivity index (χ0v) is 13.8. The highest BCUT2D eigenvalue weighted by Crippen LogP contribution is 2.28. The molecule has 0 aromatic carbocycles. The van der Waals surface area contributed by atoms with E-state index >= 15 is 0 Å². The van der Waals surface area contributed by atoms with Gasteiger partial charge in [0.25, 0.3) is 0 Å². The number of hydrogen-bond donors (Lipinski definition) is 1. The molecule has 3 aromatic heterocycles. The van der Waals surface area contributed by atoms with Crippen molar-refractivity contribution in [3.05, 3.63) is 41.9 Å². The Balaban J connectivity index is 1.54. The molecule has 1 unspecified atom stereocenters. The number of nitrogens with one attached hydrogen (secondary N) is 1. The lowest BCUT2D eigenvalue weighted by atomic mass is 10.1. The molecule has 3 aromatic rings. The van der Waals surface area contributed by atoms with Crippen LogP contribution in [0.5, 0.6) is 0 Å². The van der Waals surface area contributed by atoms with Crippen LogP contribution in [0.25, 0.3) is 10.2 Å². The third-order valence-electron chi connectivity index (χ3n) is 4.43. The van der Waals surface area contributed by atoms with Crippen molar-refractivity contribution in [3.63, 3.8) is 0 Å². The molecular formula is C17H20N4OS. The number of nitrogens with zero attached hydrogens (tertiary/aromatic N) is 3. The van der Waals surface area contributed by atoms with Gasteiger partial charge in [0.1, 0.15) is 22.7 Å². The Bertz CT molecular complexity index is 749. The maximum Gasteiger partial charge on any atom is 0.138 e. The van der Waals surface area contributed by atoms with E-state index in [2.05, 4.69) is 37.7 Å². The molecule has 1 atom stereocenters. The molecule has 4 rings (SSSR count). The van der Waals surface area contributed by atoms with Gasteiger partial charge in [0.15, 0.2) is 0 Å². The van der Waals surface area contributed by atoms with Crippen LogP contribution < -0.4 is 5.32 Å². The summed E-state index contributed by atoms with van der Waals surface area (Å²) in [7, 11) is 0. The van der Waals surface area contributed by atoms with Gasteiger partial charge in [-0.05, 0) is 49.5 Å². The van der Waals surface area contributed by atoms with Gasteiger partial charge in [-0.25, -0.2) is 9.97 Å². The maximum absolute atomic E-state index is 5.70. The second-order valence-electron chi connectivity index (χ2n) is 5.87. The van der Waals surface area contributed by atoms with Crippen molar-refractivity contribution in [2.24, 2.45) is 0 Å². The Morgan fingerprint density at radius 2 is 2.13 bits per heavy atom. The van der Waals surface area contributed by atoms with Crippen LogP contribution in [0, 0.1) is 0 Å². The summed E-state index contributed by atoms with van der Waals surface area (Å²) >= 11 is 1.64. The van der Waals surface area contributed by atoms with E-state index in [1.165, 1.54) is 19.3 Å². The fourth-order valence-electron chi connectivity index (χ4n) is 3.24. The summed E-state index contributed by atoms with van der Waals surface area (Å²) in [5.74, 6) is 1.93. The monoisotopic (exact) mass is 328 g/mol. The number of piperidine rings is 1. The molecule has 0 spiro atoms. The number of rotatable bonds is 5. The van der Waals surface area contributed by atoms with E-state index in [1.807, 2.05) is 6.07 Å². The van der Waals surface area contributed by atoms with Crippen LogP contribution >= 0.6 is 11.3 Å². The highest BCUT2D eigenvalue weighted by Gasteiger charge is 2.24. The standard InChI is InChI=1S/C17H20N4OS/c1-2-7-21(8-3-1)14(15-5-4-9-22-15)11-18-16-13-6-10-23-17(13)20-12-19-16/h4-6,9-10,12,14H,1-3,7-8,11H2,(H,18,19,20). The zero-order chi connectivity index (χ0) is 15.5. The summed E-state index contributed by atoms with van der Waals surface area (Å²) in [6.07, 6.45) is 7.24. The van der Waals surface area contributed by atoms with Crippen LogP contribution in [0.15, 0.2) is 40.6 Å². The summed E-state index contributed by atoms with van der Waals surface area (Å²) in [5.41, 5.74) is 0. The van der Waals surface area contributed by atoms with E-state index in [1.54, 1.807) is 23.9 Å². The molecule has 1 aliphatic rings. The van der Waals surface area contributed by atoms with Crippen LogP contribution in [0.4, 0.5) is 5.82 Å². The smallest absolute Gasteiger partial charge is 0.138 e. The highest BCUT2D eigenvalue weighted by atomic mass is 32.1. The lowest BCUT2D eigenvalue weighted by Crippen LogP contribution is -2.37. The maximum atomic E-state index is 5.70. The average Bonchev–Trinajstić information content (AvgIpc) is 3.28. The topological polar surface area (TPSA) is 54.2 Å². The molecule has 0 radical (unpaired) electrons. The lowest BCUT2D eigenvalue weighted by molar-refractivity contribution is 0.153. The van der Waals surface area contributed by atoms with E-state index in [0.717, 1.165) is 41.4 Å². The first kappa shape index (κ1) is 14.7. The van der Waals surface area contributed by atoms with Crippen molar-refractivity contribution in [1.29, 1.82) is 0 Å². The van der Waals surface area contributed by atoms with Crippen LogP contribution in [-0.2, 0) is 0 Å². The van der Waals surface area contributed by atoms with E-state index in [9.17, 15) is 0 Å². The normalized spacial score (nSPS) is 17.4. The quantitative estimate of drug-likeness (QED) is 0.769. The number of aromatic nitrogens is 2. The Morgan fingerprint density at radius 3 is 2.96 bits per heavy atom. The fourth-order valence-corrected chi connectivity index (χ4v) is 3.98. The Labute approximate surface area is 139 Å². The average molecular weight is 328 g/mol. The summed E-state index contributed by atoms with van der Waals surface area (Å²) < 4.78 is 5.70. The number of hydrogen-bond acceptors (Lipinski definition) is 6. The second kappa shape index (κ2) is 6.68. The number of likely N-dealkylation sites (tertiary alicyclic amines) is 1. The third kappa shape index (κ3) is 3.09. The summed E-state index contributed by atoms with van der Waals surface area (Å²) in [5, 5.41) is 6.66. The van der Waals surface area contributed by atoms with Crippen molar-refractivity contribution in [2.75, 3.05) is 25.0 Å². The minimum Gasteiger partial charge on any atom is -0.468 e. The molecule has 0 aliphatic carbocycles. The molecule has 6 heteroatoms. The van der Waals surface area contributed by atoms with Crippen LogP contribution in [0.3, 0.4) is 0 Å². The molecule has 1 N–H and O–H groups in total. The third-order valence-corrected chi connectivity index (χ3v) is 5.25. The minimum absolute atomic E-state index is 0.244. The van der Waals surface area contributed by atoms with Gasteiger partial charge in [0.2, 0.25) is 0 Å². The molecule has 1 fully saturated rings. The van der Waals surface area contributed by atoms with Gasteiger partial charge in [-0.1, -0.05) is 6.42 Å². The van der Waals surface area contributed by atoms with Gasteiger partial charge in [-0.2, -0.15) is 0 Å². The highest BCUT2D eigenvalue weighted by molar-refractivity contribution is 7.16. The largest absolute Gasteiger partial charge is 0.468 e. The van der Waals surface area contributed by atoms with Crippen LogP contribution in [0.2, 0.25) is 0 Å². The molecule has 0 amide bonds.